The summed E-state index contributed by atoms with van der Waals surface area (Å²) in [6.07, 6.45) is 4.12. The quantitative estimate of drug-likeness (QED) is 0.792. The molecule has 5 nitrogen and oxygen atoms in total. The van der Waals surface area contributed by atoms with Crippen molar-refractivity contribution in [3.63, 3.8) is 0 Å². The number of aliphatic imine (C=N–C) groups is 1. The zero-order chi connectivity index (χ0) is 16.4. The van der Waals surface area contributed by atoms with Gasteiger partial charge in [-0.2, -0.15) is 0 Å². The lowest BCUT2D eigenvalue weighted by Crippen LogP contribution is -2.43. The van der Waals surface area contributed by atoms with Crippen LogP contribution in [0, 0.1) is 5.82 Å². The highest BCUT2D eigenvalue weighted by Crippen LogP contribution is 2.31. The third-order valence-corrected chi connectivity index (χ3v) is 4.48. The van der Waals surface area contributed by atoms with Crippen LogP contribution in [0.4, 0.5) is 15.8 Å². The van der Waals surface area contributed by atoms with Crippen LogP contribution in [0.2, 0.25) is 0 Å². The molecule has 0 saturated carbocycles. The first-order valence-electron chi connectivity index (χ1n) is 7.58. The van der Waals surface area contributed by atoms with E-state index in [0.29, 0.717) is 34.7 Å². The van der Waals surface area contributed by atoms with Crippen LogP contribution in [-0.2, 0) is 4.79 Å². The molecule has 2 heterocycles. The van der Waals surface area contributed by atoms with Gasteiger partial charge < -0.3 is 16.0 Å². The van der Waals surface area contributed by atoms with Gasteiger partial charge in [-0.1, -0.05) is 6.07 Å². The molecule has 3 rings (SSSR count). The van der Waals surface area contributed by atoms with Gasteiger partial charge in [-0.05, 0) is 47.0 Å². The number of nitrogens with one attached hydrogen (secondary N) is 1. The standard InChI is InChI=1S/C16H18BrFN4O/c17-14-7-6-13(20-14)16(23)21-12-5-1-4-11(18)15(12)22-8-2-3-10(19)9-22/h1,4-5,7,10H,2-3,6,8-9,19H2,(H,21,23)/t10-/m1/s1. The molecule has 122 valence electrons. The van der Waals surface area contributed by atoms with Crippen LogP contribution in [0.15, 0.2) is 33.9 Å². The number of piperidine rings is 1. The SMILES string of the molecule is N[C@@H]1CCCN(c2c(F)cccc2NC(=O)C2=NC(Br)=CC2)C1. The number of carbonyl (C=O) groups is 1. The number of hydrogen-bond acceptors (Lipinski definition) is 4. The third-order valence-electron chi connectivity index (χ3n) is 3.98. The van der Waals surface area contributed by atoms with Crippen LogP contribution in [0.3, 0.4) is 0 Å². The second-order valence-corrected chi connectivity index (χ2v) is 6.54. The predicted octanol–water partition coefficient (Wildman–Crippen LogP) is 2.77. The van der Waals surface area contributed by atoms with Gasteiger partial charge in [0.25, 0.3) is 5.91 Å². The van der Waals surface area contributed by atoms with E-state index in [0.717, 1.165) is 19.4 Å². The van der Waals surface area contributed by atoms with Gasteiger partial charge in [0.2, 0.25) is 0 Å². The number of amides is 1. The average molecular weight is 381 g/mol. The van der Waals surface area contributed by atoms with Crippen molar-refractivity contribution in [2.45, 2.75) is 25.3 Å². The minimum absolute atomic E-state index is 0.0197. The molecule has 0 unspecified atom stereocenters. The Kier molecular flexibility index (Phi) is 4.77. The van der Waals surface area contributed by atoms with Gasteiger partial charge in [-0.25, -0.2) is 9.38 Å². The molecular formula is C16H18BrFN4O. The Morgan fingerprint density at radius 2 is 2.30 bits per heavy atom. The van der Waals surface area contributed by atoms with Crippen molar-refractivity contribution < 1.29 is 9.18 Å². The first-order chi connectivity index (χ1) is 11.0. The number of rotatable bonds is 3. The van der Waals surface area contributed by atoms with E-state index >= 15 is 0 Å². The van der Waals surface area contributed by atoms with Gasteiger partial charge in [0, 0.05) is 25.6 Å². The van der Waals surface area contributed by atoms with Crippen LogP contribution in [0.25, 0.3) is 0 Å². The highest BCUT2D eigenvalue weighted by molar-refractivity contribution is 9.11. The number of hydrogen-bond donors (Lipinski definition) is 2. The minimum Gasteiger partial charge on any atom is -0.366 e. The summed E-state index contributed by atoms with van der Waals surface area (Å²) in [6.45, 7) is 1.31. The van der Waals surface area contributed by atoms with Gasteiger partial charge >= 0.3 is 0 Å². The molecule has 23 heavy (non-hydrogen) atoms. The van der Waals surface area contributed by atoms with Gasteiger partial charge in [-0.15, -0.1) is 0 Å². The summed E-state index contributed by atoms with van der Waals surface area (Å²) in [6, 6.07) is 4.71. The molecule has 1 fully saturated rings. The average Bonchev–Trinajstić information content (AvgIpc) is 2.94. The molecule has 3 N–H and O–H groups in total. The van der Waals surface area contributed by atoms with Crippen molar-refractivity contribution >= 4 is 38.9 Å². The maximum absolute atomic E-state index is 14.4. The molecule has 0 radical (unpaired) electrons. The largest absolute Gasteiger partial charge is 0.366 e. The Labute approximate surface area is 142 Å². The molecule has 2 aliphatic rings. The highest BCUT2D eigenvalue weighted by Gasteiger charge is 2.24. The second kappa shape index (κ2) is 6.80. The van der Waals surface area contributed by atoms with Crippen molar-refractivity contribution in [3.8, 4) is 0 Å². The summed E-state index contributed by atoms with van der Waals surface area (Å²) >= 11 is 3.24. The number of para-hydroxylation sites is 1. The van der Waals surface area contributed by atoms with Crippen molar-refractivity contribution in [3.05, 3.63) is 34.7 Å². The third kappa shape index (κ3) is 3.61. The smallest absolute Gasteiger partial charge is 0.270 e. The van der Waals surface area contributed by atoms with Gasteiger partial charge in [-0.3, -0.25) is 4.79 Å². The topological polar surface area (TPSA) is 70.7 Å². The molecule has 0 bridgehead atoms. The first-order valence-corrected chi connectivity index (χ1v) is 8.37. The second-order valence-electron chi connectivity index (χ2n) is 5.73. The molecule has 1 aromatic carbocycles. The number of nitrogens with zero attached hydrogens (tertiary/aromatic N) is 2. The maximum Gasteiger partial charge on any atom is 0.270 e. The molecule has 1 atom stereocenters. The van der Waals surface area contributed by atoms with Crippen molar-refractivity contribution in [2.24, 2.45) is 10.7 Å². The minimum atomic E-state index is -0.357. The predicted molar refractivity (Wildman–Crippen MR) is 93.5 cm³/mol. The first kappa shape index (κ1) is 16.1. The lowest BCUT2D eigenvalue weighted by atomic mass is 10.1. The molecule has 0 spiro atoms. The van der Waals surface area contributed by atoms with Crippen molar-refractivity contribution in [1.82, 2.24) is 0 Å². The van der Waals surface area contributed by atoms with Gasteiger partial charge in [0.15, 0.2) is 0 Å². The normalized spacial score (nSPS) is 21.0. The Hall–Kier alpha value is -1.73. The van der Waals surface area contributed by atoms with Crippen LogP contribution in [0.5, 0.6) is 0 Å². The fraction of sp³-hybridized carbons (Fsp3) is 0.375. The number of carbonyl (C=O) groups excluding carboxylic acids is 1. The highest BCUT2D eigenvalue weighted by atomic mass is 79.9. The van der Waals surface area contributed by atoms with Crippen LogP contribution in [-0.4, -0.2) is 30.8 Å². The summed E-state index contributed by atoms with van der Waals surface area (Å²) in [5.41, 5.74) is 7.26. The summed E-state index contributed by atoms with van der Waals surface area (Å²) < 4.78 is 15.0. The van der Waals surface area contributed by atoms with E-state index in [4.69, 9.17) is 5.73 Å². The number of allylic oxidation sites excluding steroid dienone is 1. The van der Waals surface area contributed by atoms with E-state index in [1.807, 2.05) is 11.0 Å². The molecule has 2 aliphatic heterocycles. The van der Waals surface area contributed by atoms with Gasteiger partial charge in [0.05, 0.1) is 11.4 Å². The van der Waals surface area contributed by atoms with E-state index in [-0.39, 0.29) is 17.8 Å². The molecule has 1 saturated heterocycles. The summed E-state index contributed by atoms with van der Waals surface area (Å²) in [5.74, 6) is -0.673. The Bertz CT molecular complexity index is 689. The van der Waals surface area contributed by atoms with Crippen molar-refractivity contribution in [1.29, 1.82) is 0 Å². The van der Waals surface area contributed by atoms with E-state index in [1.165, 1.54) is 6.07 Å². The van der Waals surface area contributed by atoms with E-state index < -0.39 is 0 Å². The monoisotopic (exact) mass is 380 g/mol. The Balaban J connectivity index is 1.83. The molecule has 0 aromatic heterocycles. The number of halogens is 2. The van der Waals surface area contributed by atoms with Crippen LogP contribution >= 0.6 is 15.9 Å². The summed E-state index contributed by atoms with van der Waals surface area (Å²) in [7, 11) is 0. The fourth-order valence-corrected chi connectivity index (χ4v) is 3.27. The lowest BCUT2D eigenvalue weighted by molar-refractivity contribution is -0.110. The summed E-state index contributed by atoms with van der Waals surface area (Å²) in [4.78, 5) is 18.3. The number of anilines is 2. The van der Waals surface area contributed by atoms with E-state index in [1.54, 1.807) is 12.1 Å². The fourth-order valence-electron chi connectivity index (χ4n) is 2.89. The molecular weight excluding hydrogens is 363 g/mol. The molecule has 0 aliphatic carbocycles. The van der Waals surface area contributed by atoms with E-state index in [9.17, 15) is 9.18 Å². The van der Waals surface area contributed by atoms with Gasteiger partial charge in [0.1, 0.15) is 16.1 Å². The Morgan fingerprint density at radius 1 is 1.48 bits per heavy atom. The van der Waals surface area contributed by atoms with Crippen LogP contribution in [0.1, 0.15) is 19.3 Å². The summed E-state index contributed by atoms with van der Waals surface area (Å²) in [5, 5.41) is 2.78. The molecule has 7 heteroatoms. The van der Waals surface area contributed by atoms with Crippen LogP contribution < -0.4 is 16.0 Å². The number of nitrogens with two attached hydrogens (primary N) is 1. The zero-order valence-electron chi connectivity index (χ0n) is 12.6. The van der Waals surface area contributed by atoms with E-state index in [2.05, 4.69) is 26.2 Å². The molecule has 1 amide bonds. The molecule has 1 aromatic rings. The van der Waals surface area contributed by atoms with Crippen molar-refractivity contribution in [2.75, 3.05) is 23.3 Å². The Morgan fingerprint density at radius 3 is 3.00 bits per heavy atom. The maximum atomic E-state index is 14.4. The zero-order valence-corrected chi connectivity index (χ0v) is 14.1. The number of benzene rings is 1. The lowest BCUT2D eigenvalue weighted by Gasteiger charge is -2.34.